The van der Waals surface area contributed by atoms with E-state index in [9.17, 15) is 14.3 Å². The summed E-state index contributed by atoms with van der Waals surface area (Å²) in [5.74, 6) is 0. The lowest BCUT2D eigenvalue weighted by Crippen LogP contribution is -2.45. The number of rotatable bonds is 2. The normalized spacial score (nSPS) is 32.2. The van der Waals surface area contributed by atoms with Crippen LogP contribution in [-0.4, -0.2) is 24.3 Å². The van der Waals surface area contributed by atoms with Crippen LogP contribution in [0.25, 0.3) is 0 Å². The summed E-state index contributed by atoms with van der Waals surface area (Å²) in [7, 11) is 0. The molecular weight excluding hydrogens is 179 g/mol. The molecule has 0 aromatic heterocycles. The van der Waals surface area contributed by atoms with E-state index in [4.69, 9.17) is 5.53 Å². The lowest BCUT2D eigenvalue weighted by Gasteiger charge is -2.15. The van der Waals surface area contributed by atoms with E-state index in [1.165, 1.54) is 0 Å². The largest absolute Gasteiger partial charge is 0.530 e. The zero-order chi connectivity index (χ0) is 9.84. The molecule has 0 unspecified atom stereocenters. The van der Waals surface area contributed by atoms with E-state index >= 15 is 0 Å². The van der Waals surface area contributed by atoms with Gasteiger partial charge in [0.25, 0.3) is 0 Å². The molecule has 0 aromatic carbocycles. The highest BCUT2D eigenvalue weighted by molar-refractivity contribution is 5.62. The fourth-order valence-electron chi connectivity index (χ4n) is 1.44. The van der Waals surface area contributed by atoms with Crippen molar-refractivity contribution in [3.8, 4) is 0 Å². The quantitative estimate of drug-likeness (QED) is 0.443. The molecule has 13 heavy (non-hydrogen) atoms. The van der Waals surface area contributed by atoms with Crippen molar-refractivity contribution in [2.45, 2.75) is 31.1 Å². The molecule has 0 saturated heterocycles. The van der Waals surface area contributed by atoms with Crippen molar-refractivity contribution >= 4 is 6.09 Å². The molecule has 0 aromatic rings. The van der Waals surface area contributed by atoms with E-state index in [-0.39, 0.29) is 12.8 Å². The molecule has 3 atom stereocenters. The zero-order valence-electron chi connectivity index (χ0n) is 6.74. The first-order chi connectivity index (χ1) is 6.13. The van der Waals surface area contributed by atoms with Crippen LogP contribution < -0.4 is 15.3 Å². The van der Waals surface area contributed by atoms with Gasteiger partial charge in [-0.2, -0.15) is 0 Å². The minimum Gasteiger partial charge on any atom is -0.530 e. The summed E-state index contributed by atoms with van der Waals surface area (Å²) < 4.78 is 13.0. The van der Waals surface area contributed by atoms with Gasteiger partial charge in [-0.05, 0) is 6.42 Å². The van der Waals surface area contributed by atoms with Crippen LogP contribution in [0.5, 0.6) is 0 Å². The van der Waals surface area contributed by atoms with Gasteiger partial charge in [-0.15, -0.1) is 0 Å². The molecule has 0 heterocycles. The van der Waals surface area contributed by atoms with Crippen LogP contribution in [0.4, 0.5) is 9.18 Å². The molecular formula is C6H9FN4O2. The average Bonchev–Trinajstić information content (AvgIpc) is 2.31. The fraction of sp³-hybridized carbons (Fsp3) is 0.833. The van der Waals surface area contributed by atoms with Crippen LogP contribution in [0.3, 0.4) is 0 Å². The minimum atomic E-state index is -1.49. The van der Waals surface area contributed by atoms with Crippen LogP contribution in [-0.2, 0) is 0 Å². The standard InChI is InChI=1S/C6H9FN4O2/c7-4-1-3(10-11-8)2-5(4)9-6(12)13/h3-5,8-9H,1-2H2/t3-,4+,5+/m0/s1. The van der Waals surface area contributed by atoms with Crippen molar-refractivity contribution in [1.82, 2.24) is 10.2 Å². The molecule has 1 saturated carbocycles. The number of carbonyl (C=O) groups excluding carboxylic acids is 1. The molecule has 7 heteroatoms. The molecule has 0 bridgehead atoms. The maximum Gasteiger partial charge on any atom is 0.214 e. The van der Waals surface area contributed by atoms with Crippen LogP contribution in [0, 0.1) is 5.53 Å². The third-order valence-corrected chi connectivity index (χ3v) is 1.98. The second-order valence-corrected chi connectivity index (χ2v) is 2.89. The van der Waals surface area contributed by atoms with Crippen molar-refractivity contribution in [3.63, 3.8) is 0 Å². The molecule has 0 aliphatic heterocycles. The van der Waals surface area contributed by atoms with Gasteiger partial charge in [0.1, 0.15) is 29.0 Å². The third kappa shape index (κ3) is 2.48. The first-order valence-electron chi connectivity index (χ1n) is 3.81. The summed E-state index contributed by atoms with van der Waals surface area (Å²) in [5.41, 5.74) is 6.43. The maximum atomic E-state index is 13.0. The summed E-state index contributed by atoms with van der Waals surface area (Å²) in [4.78, 5) is 12.9. The Kier molecular flexibility index (Phi) is 2.92. The SMILES string of the molecule is N=[N+]=N[C@H]1C[C@@H](F)[C@H](NC(=O)[O-])C1. The molecule has 2 N–H and O–H groups in total. The fourth-order valence-corrected chi connectivity index (χ4v) is 1.44. The molecule has 1 rings (SSSR count). The second-order valence-electron chi connectivity index (χ2n) is 2.89. The van der Waals surface area contributed by atoms with Gasteiger partial charge < -0.3 is 15.2 Å². The lowest BCUT2D eigenvalue weighted by atomic mass is 10.2. The summed E-state index contributed by atoms with van der Waals surface area (Å²) in [6.07, 6.45) is -2.42. The monoisotopic (exact) mass is 188 g/mol. The Morgan fingerprint density at radius 2 is 2.38 bits per heavy atom. The highest BCUT2D eigenvalue weighted by atomic mass is 19.1. The second kappa shape index (κ2) is 3.95. The number of carboxylic acid groups (broad SMARTS) is 1. The van der Waals surface area contributed by atoms with Gasteiger partial charge >= 0.3 is 0 Å². The molecule has 1 aliphatic rings. The molecule has 1 fully saturated rings. The molecule has 0 radical (unpaired) electrons. The molecule has 1 aliphatic carbocycles. The Hall–Kier alpha value is -1.49. The van der Waals surface area contributed by atoms with Crippen LogP contribution in [0.2, 0.25) is 0 Å². The van der Waals surface area contributed by atoms with E-state index in [2.05, 4.69) is 10.0 Å². The minimum absolute atomic E-state index is 0.104. The average molecular weight is 188 g/mol. The van der Waals surface area contributed by atoms with Gasteiger partial charge in [0.15, 0.2) is 0 Å². The Balaban J connectivity index is 2.50. The van der Waals surface area contributed by atoms with Crippen molar-refractivity contribution in [1.29, 1.82) is 5.53 Å². The van der Waals surface area contributed by atoms with Crippen LogP contribution >= 0.6 is 0 Å². The molecule has 0 spiro atoms. The Labute approximate surface area is 73.4 Å². The van der Waals surface area contributed by atoms with E-state index in [1.807, 2.05) is 5.32 Å². The van der Waals surface area contributed by atoms with Crippen LogP contribution in [0.15, 0.2) is 5.11 Å². The van der Waals surface area contributed by atoms with Gasteiger partial charge in [-0.25, -0.2) is 4.39 Å². The van der Waals surface area contributed by atoms with Crippen LogP contribution in [0.1, 0.15) is 12.8 Å². The maximum absolute atomic E-state index is 13.0. The summed E-state index contributed by atoms with van der Waals surface area (Å²) in [6.45, 7) is 0. The van der Waals surface area contributed by atoms with E-state index in [0.29, 0.717) is 0 Å². The first kappa shape index (κ1) is 9.60. The van der Waals surface area contributed by atoms with Gasteiger partial charge in [0, 0.05) is 6.42 Å². The Morgan fingerprint density at radius 3 is 2.92 bits per heavy atom. The smallest absolute Gasteiger partial charge is 0.214 e. The van der Waals surface area contributed by atoms with Crippen molar-refractivity contribution in [2.75, 3.05) is 0 Å². The predicted octanol–water partition coefficient (Wildman–Crippen LogP) is -0.661. The molecule has 72 valence electrons. The van der Waals surface area contributed by atoms with Gasteiger partial charge in [0.2, 0.25) is 4.91 Å². The zero-order valence-corrected chi connectivity index (χ0v) is 6.74. The number of alkyl halides is 1. The number of carbonyl (C=O) groups is 1. The topological polar surface area (TPSA) is 102 Å². The predicted molar refractivity (Wildman–Crippen MR) is 37.5 cm³/mol. The van der Waals surface area contributed by atoms with E-state index in [1.54, 1.807) is 0 Å². The van der Waals surface area contributed by atoms with E-state index in [0.717, 1.165) is 0 Å². The third-order valence-electron chi connectivity index (χ3n) is 1.98. The Bertz CT molecular complexity index is 253. The Morgan fingerprint density at radius 1 is 1.69 bits per heavy atom. The van der Waals surface area contributed by atoms with Gasteiger partial charge in [0.05, 0.1) is 6.04 Å². The number of nitrogens with zero attached hydrogens (tertiary/aromatic N) is 2. The van der Waals surface area contributed by atoms with Crippen molar-refractivity contribution in [2.24, 2.45) is 5.11 Å². The number of nitrogens with one attached hydrogen (secondary N) is 2. The number of amides is 1. The highest BCUT2D eigenvalue weighted by Crippen LogP contribution is 2.24. The van der Waals surface area contributed by atoms with E-state index < -0.39 is 24.3 Å². The molecule has 1 amide bonds. The first-order valence-corrected chi connectivity index (χ1v) is 3.81. The van der Waals surface area contributed by atoms with Gasteiger partial charge in [-0.1, -0.05) is 0 Å². The van der Waals surface area contributed by atoms with Gasteiger partial charge in [-0.3, -0.25) is 0 Å². The van der Waals surface area contributed by atoms with Crippen molar-refractivity contribution in [3.05, 3.63) is 0 Å². The molecule has 6 nitrogen and oxygen atoms in total. The number of halogens is 1. The highest BCUT2D eigenvalue weighted by Gasteiger charge is 2.36. The lowest BCUT2D eigenvalue weighted by molar-refractivity contribution is -0.252. The summed E-state index contributed by atoms with van der Waals surface area (Å²) in [6, 6.07) is -1.18. The summed E-state index contributed by atoms with van der Waals surface area (Å²) in [5, 5.41) is 15.5. The van der Waals surface area contributed by atoms with Crippen molar-refractivity contribution < 1.29 is 14.3 Å². The number of hydrogen-bond donors (Lipinski definition) is 2. The number of hydrogen-bond acceptors (Lipinski definition) is 4. The summed E-state index contributed by atoms with van der Waals surface area (Å²) >= 11 is 0.